The Bertz CT molecular complexity index is 494. The maximum absolute atomic E-state index is 10.6. The lowest BCUT2D eigenvalue weighted by Crippen LogP contribution is -2.26. The molecular weight excluding hydrogens is 250 g/mol. The topological polar surface area (TPSA) is 29.5 Å². The second-order valence-corrected chi connectivity index (χ2v) is 5.36. The Kier molecular flexibility index (Phi) is 5.36. The van der Waals surface area contributed by atoms with E-state index in [0.29, 0.717) is 6.61 Å². The number of ether oxygens (including phenoxy) is 1. The highest BCUT2D eigenvalue weighted by Crippen LogP contribution is 2.22. The number of hydrogen-bond donors (Lipinski definition) is 0. The van der Waals surface area contributed by atoms with E-state index in [1.165, 1.54) is 23.6 Å². The fraction of sp³-hybridized carbons (Fsp3) is 0.471. The smallest absolute Gasteiger partial charge is 0.302 e. The molecule has 1 aliphatic rings. The van der Waals surface area contributed by atoms with Crippen molar-refractivity contribution in [1.82, 2.24) is 4.90 Å². The quantitative estimate of drug-likeness (QED) is 0.610. The van der Waals surface area contributed by atoms with Crippen LogP contribution in [-0.4, -0.2) is 31.1 Å². The van der Waals surface area contributed by atoms with Crippen molar-refractivity contribution in [2.24, 2.45) is 0 Å². The van der Waals surface area contributed by atoms with E-state index in [-0.39, 0.29) is 5.97 Å². The van der Waals surface area contributed by atoms with Crippen molar-refractivity contribution in [3.8, 4) is 0 Å². The molecular formula is C17H23NO2. The van der Waals surface area contributed by atoms with Crippen LogP contribution in [0.3, 0.4) is 0 Å². The molecule has 1 heterocycles. The number of carbonyl (C=O) groups excluding carboxylic acids is 1. The van der Waals surface area contributed by atoms with Gasteiger partial charge in [-0.25, -0.2) is 0 Å². The van der Waals surface area contributed by atoms with Crippen molar-refractivity contribution in [3.05, 3.63) is 41.0 Å². The van der Waals surface area contributed by atoms with Crippen LogP contribution in [0.25, 0.3) is 6.08 Å². The summed E-state index contributed by atoms with van der Waals surface area (Å²) in [6.07, 6.45) is 7.33. The van der Waals surface area contributed by atoms with E-state index in [1.807, 2.05) is 0 Å². The lowest BCUT2D eigenvalue weighted by molar-refractivity contribution is -0.141. The van der Waals surface area contributed by atoms with Crippen LogP contribution in [0, 0.1) is 0 Å². The molecule has 3 heteroatoms. The number of nitrogens with zero attached hydrogens (tertiary/aromatic N) is 1. The molecule has 0 amide bonds. The molecule has 0 aromatic heterocycles. The molecule has 1 aliphatic heterocycles. The minimum absolute atomic E-state index is 0.199. The summed E-state index contributed by atoms with van der Waals surface area (Å²) in [6, 6.07) is 6.55. The van der Waals surface area contributed by atoms with Gasteiger partial charge in [0.05, 0.1) is 6.61 Å². The molecule has 2 rings (SSSR count). The summed E-state index contributed by atoms with van der Waals surface area (Å²) < 4.78 is 4.92. The van der Waals surface area contributed by atoms with Crippen molar-refractivity contribution >= 4 is 12.0 Å². The van der Waals surface area contributed by atoms with Crippen molar-refractivity contribution in [1.29, 1.82) is 0 Å². The number of hydrogen-bond acceptors (Lipinski definition) is 3. The summed E-state index contributed by atoms with van der Waals surface area (Å²) in [7, 11) is 2.17. The molecule has 20 heavy (non-hydrogen) atoms. The monoisotopic (exact) mass is 273 g/mol. The Morgan fingerprint density at radius 3 is 3.10 bits per heavy atom. The Hall–Kier alpha value is -1.61. The molecule has 0 unspecified atom stereocenters. The number of unbranched alkanes of at least 4 members (excludes halogenated alkanes) is 1. The van der Waals surface area contributed by atoms with Crippen LogP contribution in [0.15, 0.2) is 24.3 Å². The predicted molar refractivity (Wildman–Crippen MR) is 81.4 cm³/mol. The van der Waals surface area contributed by atoms with E-state index >= 15 is 0 Å². The zero-order chi connectivity index (χ0) is 14.4. The van der Waals surface area contributed by atoms with E-state index in [2.05, 4.69) is 42.3 Å². The normalized spacial score (nSPS) is 15.3. The average molecular weight is 273 g/mol. The first-order valence-electron chi connectivity index (χ1n) is 7.26. The summed E-state index contributed by atoms with van der Waals surface area (Å²) in [4.78, 5) is 13.0. The van der Waals surface area contributed by atoms with Gasteiger partial charge in [0.2, 0.25) is 0 Å². The van der Waals surface area contributed by atoms with Crippen molar-refractivity contribution in [2.45, 2.75) is 32.7 Å². The number of benzene rings is 1. The van der Waals surface area contributed by atoms with Crippen molar-refractivity contribution in [2.75, 3.05) is 20.2 Å². The van der Waals surface area contributed by atoms with Gasteiger partial charge in [-0.2, -0.15) is 0 Å². The Morgan fingerprint density at radius 1 is 1.45 bits per heavy atom. The number of likely N-dealkylation sites (N-methyl/N-ethyl adjacent to an activating group) is 1. The molecule has 0 saturated heterocycles. The molecule has 1 aromatic carbocycles. The fourth-order valence-electron chi connectivity index (χ4n) is 2.56. The van der Waals surface area contributed by atoms with E-state index in [1.54, 1.807) is 0 Å². The summed E-state index contributed by atoms with van der Waals surface area (Å²) >= 11 is 0. The van der Waals surface area contributed by atoms with Gasteiger partial charge in [-0.15, -0.1) is 0 Å². The van der Waals surface area contributed by atoms with E-state index in [0.717, 1.165) is 32.4 Å². The molecule has 3 nitrogen and oxygen atoms in total. The van der Waals surface area contributed by atoms with Crippen LogP contribution >= 0.6 is 0 Å². The second kappa shape index (κ2) is 7.25. The first-order valence-corrected chi connectivity index (χ1v) is 7.26. The molecule has 0 spiro atoms. The van der Waals surface area contributed by atoms with Crippen LogP contribution < -0.4 is 0 Å². The third-order valence-corrected chi connectivity index (χ3v) is 3.61. The standard InChI is InChI=1S/C17H23NO2/c1-14(19)20-12-5-3-4-7-15-8-6-9-16-13-18(2)11-10-17(15)16/h4,6-9H,3,5,10-13H2,1-2H3. The van der Waals surface area contributed by atoms with Gasteiger partial charge in [0.1, 0.15) is 0 Å². The highest BCUT2D eigenvalue weighted by atomic mass is 16.5. The Balaban J connectivity index is 1.90. The average Bonchev–Trinajstić information content (AvgIpc) is 2.42. The molecule has 0 N–H and O–H groups in total. The first-order chi connectivity index (χ1) is 9.66. The molecule has 0 radical (unpaired) electrons. The number of esters is 1. The summed E-state index contributed by atoms with van der Waals surface area (Å²) in [5.41, 5.74) is 4.27. The first kappa shape index (κ1) is 14.8. The molecule has 0 bridgehead atoms. The molecule has 108 valence electrons. The predicted octanol–water partition coefficient (Wildman–Crippen LogP) is 3.03. The van der Waals surface area contributed by atoms with Crippen LogP contribution in [0.2, 0.25) is 0 Å². The Labute approximate surface area is 121 Å². The van der Waals surface area contributed by atoms with Crippen molar-refractivity contribution < 1.29 is 9.53 Å². The summed E-state index contributed by atoms with van der Waals surface area (Å²) in [6.45, 7) is 4.13. The van der Waals surface area contributed by atoms with Gasteiger partial charge in [-0.3, -0.25) is 4.79 Å². The maximum atomic E-state index is 10.6. The number of allylic oxidation sites excluding steroid dienone is 1. The van der Waals surface area contributed by atoms with Gasteiger partial charge in [0, 0.05) is 20.0 Å². The van der Waals surface area contributed by atoms with Gasteiger partial charge in [-0.1, -0.05) is 30.4 Å². The minimum atomic E-state index is -0.199. The second-order valence-electron chi connectivity index (χ2n) is 5.36. The lowest BCUT2D eigenvalue weighted by Gasteiger charge is -2.26. The van der Waals surface area contributed by atoms with Crippen LogP contribution in [0.4, 0.5) is 0 Å². The van der Waals surface area contributed by atoms with Crippen LogP contribution in [0.1, 0.15) is 36.5 Å². The zero-order valence-corrected chi connectivity index (χ0v) is 12.4. The summed E-state index contributed by atoms with van der Waals surface area (Å²) in [5, 5.41) is 0. The fourth-order valence-corrected chi connectivity index (χ4v) is 2.56. The molecule has 0 saturated carbocycles. The number of rotatable bonds is 5. The number of carbonyl (C=O) groups is 1. The van der Waals surface area contributed by atoms with Crippen LogP contribution in [0.5, 0.6) is 0 Å². The van der Waals surface area contributed by atoms with E-state index in [9.17, 15) is 4.79 Å². The molecule has 0 fully saturated rings. The van der Waals surface area contributed by atoms with Crippen molar-refractivity contribution in [3.63, 3.8) is 0 Å². The molecule has 0 aliphatic carbocycles. The molecule has 0 atom stereocenters. The molecule has 1 aromatic rings. The Morgan fingerprint density at radius 2 is 2.30 bits per heavy atom. The van der Waals surface area contributed by atoms with Gasteiger partial charge in [0.25, 0.3) is 0 Å². The van der Waals surface area contributed by atoms with E-state index in [4.69, 9.17) is 4.74 Å². The minimum Gasteiger partial charge on any atom is -0.466 e. The number of fused-ring (bicyclic) bond motifs is 1. The lowest BCUT2D eigenvalue weighted by atomic mass is 9.94. The summed E-state index contributed by atoms with van der Waals surface area (Å²) in [5.74, 6) is -0.199. The van der Waals surface area contributed by atoms with Gasteiger partial charge < -0.3 is 9.64 Å². The van der Waals surface area contributed by atoms with Gasteiger partial charge in [-0.05, 0) is 43.0 Å². The highest BCUT2D eigenvalue weighted by Gasteiger charge is 2.14. The third-order valence-electron chi connectivity index (χ3n) is 3.61. The highest BCUT2D eigenvalue weighted by molar-refractivity contribution is 5.65. The zero-order valence-electron chi connectivity index (χ0n) is 12.4. The van der Waals surface area contributed by atoms with Crippen LogP contribution in [-0.2, 0) is 22.5 Å². The maximum Gasteiger partial charge on any atom is 0.302 e. The van der Waals surface area contributed by atoms with E-state index < -0.39 is 0 Å². The third kappa shape index (κ3) is 4.20. The largest absolute Gasteiger partial charge is 0.466 e. The van der Waals surface area contributed by atoms with Gasteiger partial charge >= 0.3 is 5.97 Å². The van der Waals surface area contributed by atoms with Gasteiger partial charge in [0.15, 0.2) is 0 Å². The SMILES string of the molecule is CC(=O)OCCCC=Cc1cccc2c1CCN(C)C2.